The summed E-state index contributed by atoms with van der Waals surface area (Å²) in [5, 5.41) is 1.81. The van der Waals surface area contributed by atoms with E-state index in [-0.39, 0.29) is 0 Å². The highest BCUT2D eigenvalue weighted by atomic mass is 79.9. The van der Waals surface area contributed by atoms with Crippen molar-refractivity contribution < 1.29 is 0 Å². The van der Waals surface area contributed by atoms with E-state index in [1.165, 1.54) is 15.6 Å². The molecule has 1 aromatic rings. The van der Waals surface area contributed by atoms with Gasteiger partial charge in [-0.05, 0) is 17.2 Å². The van der Waals surface area contributed by atoms with Gasteiger partial charge in [-0.3, -0.25) is 0 Å². The second-order valence-electron chi connectivity index (χ2n) is 2.14. The predicted octanol–water partition coefficient (Wildman–Crippen LogP) is 4.24. The first-order valence-corrected chi connectivity index (χ1v) is 6.21. The van der Waals surface area contributed by atoms with Crippen molar-refractivity contribution in [2.75, 3.05) is 0 Å². The van der Waals surface area contributed by atoms with Gasteiger partial charge in [-0.15, -0.1) is 0 Å². The smallest absolute Gasteiger partial charge is 0.0297 e. The number of halogens is 3. The Balaban J connectivity index is 3.13. The fourth-order valence-corrected chi connectivity index (χ4v) is 2.99. The average molecular weight is 343 g/mol. The molecular formula is C8H7Br3. The van der Waals surface area contributed by atoms with Gasteiger partial charge in [0.05, 0.1) is 0 Å². The third kappa shape index (κ3) is 2.30. The van der Waals surface area contributed by atoms with Crippen LogP contribution in [0.2, 0.25) is 0 Å². The lowest BCUT2D eigenvalue weighted by Gasteiger charge is -2.05. The Labute approximate surface area is 91.8 Å². The Morgan fingerprint density at radius 2 is 1.82 bits per heavy atom. The lowest BCUT2D eigenvalue weighted by molar-refractivity contribution is 1.28. The molecule has 0 bridgehead atoms. The van der Waals surface area contributed by atoms with Crippen LogP contribution in [-0.2, 0) is 10.7 Å². The summed E-state index contributed by atoms with van der Waals surface area (Å²) in [4.78, 5) is 0. The molecular weight excluding hydrogens is 336 g/mol. The third-order valence-corrected chi connectivity index (χ3v) is 3.40. The maximum atomic E-state index is 3.50. The highest BCUT2D eigenvalue weighted by Crippen LogP contribution is 2.24. The number of hydrogen-bond donors (Lipinski definition) is 0. The highest BCUT2D eigenvalue weighted by molar-refractivity contribution is 9.10. The predicted molar refractivity (Wildman–Crippen MR) is 59.4 cm³/mol. The molecule has 3 heteroatoms. The van der Waals surface area contributed by atoms with Crippen LogP contribution in [0, 0.1) is 0 Å². The van der Waals surface area contributed by atoms with E-state index in [2.05, 4.69) is 59.9 Å². The van der Waals surface area contributed by atoms with Gasteiger partial charge >= 0.3 is 0 Å². The van der Waals surface area contributed by atoms with Crippen molar-refractivity contribution in [1.82, 2.24) is 0 Å². The minimum atomic E-state index is 0.898. The molecule has 0 fully saturated rings. The molecule has 1 rings (SSSR count). The van der Waals surface area contributed by atoms with Gasteiger partial charge in [0.2, 0.25) is 0 Å². The fraction of sp³-hybridized carbons (Fsp3) is 0.250. The molecule has 0 nitrogen and oxygen atoms in total. The van der Waals surface area contributed by atoms with Crippen molar-refractivity contribution in [3.05, 3.63) is 33.8 Å². The Morgan fingerprint density at radius 3 is 2.27 bits per heavy atom. The zero-order valence-electron chi connectivity index (χ0n) is 5.78. The van der Waals surface area contributed by atoms with Crippen LogP contribution in [0.5, 0.6) is 0 Å². The lowest BCUT2D eigenvalue weighted by atomic mass is 10.1. The van der Waals surface area contributed by atoms with Gasteiger partial charge in [0.25, 0.3) is 0 Å². The van der Waals surface area contributed by atoms with Gasteiger partial charge in [-0.1, -0.05) is 59.9 Å². The van der Waals surface area contributed by atoms with Crippen molar-refractivity contribution in [2.24, 2.45) is 0 Å². The lowest BCUT2D eigenvalue weighted by Crippen LogP contribution is -1.88. The second kappa shape index (κ2) is 4.63. The van der Waals surface area contributed by atoms with Crippen LogP contribution < -0.4 is 0 Å². The largest absolute Gasteiger partial charge is 0.0876 e. The molecule has 0 N–H and O–H groups in total. The number of rotatable bonds is 2. The SMILES string of the molecule is BrCc1cccc(Br)c1CBr. The standard InChI is InChI=1S/C8H7Br3/c9-4-6-2-1-3-8(11)7(6)5-10/h1-3H,4-5H2. The van der Waals surface area contributed by atoms with Crippen LogP contribution in [-0.4, -0.2) is 0 Å². The van der Waals surface area contributed by atoms with E-state index in [0.29, 0.717) is 0 Å². The molecule has 0 radical (unpaired) electrons. The van der Waals surface area contributed by atoms with E-state index in [1.54, 1.807) is 0 Å². The van der Waals surface area contributed by atoms with Crippen molar-refractivity contribution in [2.45, 2.75) is 10.7 Å². The van der Waals surface area contributed by atoms with E-state index < -0.39 is 0 Å². The summed E-state index contributed by atoms with van der Waals surface area (Å²) >= 11 is 10.4. The topological polar surface area (TPSA) is 0 Å². The fourth-order valence-electron chi connectivity index (χ4n) is 0.878. The van der Waals surface area contributed by atoms with Crippen LogP contribution in [0.15, 0.2) is 22.7 Å². The monoisotopic (exact) mass is 340 g/mol. The summed E-state index contributed by atoms with van der Waals surface area (Å²) in [5.41, 5.74) is 2.65. The molecule has 0 aliphatic rings. The Kier molecular flexibility index (Phi) is 4.10. The van der Waals surface area contributed by atoms with E-state index >= 15 is 0 Å². The van der Waals surface area contributed by atoms with Gasteiger partial charge in [-0.2, -0.15) is 0 Å². The molecule has 0 saturated heterocycles. The zero-order chi connectivity index (χ0) is 8.27. The number of hydrogen-bond acceptors (Lipinski definition) is 0. The first-order valence-electron chi connectivity index (χ1n) is 3.17. The third-order valence-electron chi connectivity index (χ3n) is 1.49. The first kappa shape index (κ1) is 9.75. The molecule has 0 spiro atoms. The molecule has 0 atom stereocenters. The summed E-state index contributed by atoms with van der Waals surface area (Å²) < 4.78 is 1.17. The summed E-state index contributed by atoms with van der Waals surface area (Å²) in [6, 6.07) is 6.23. The first-order chi connectivity index (χ1) is 5.29. The van der Waals surface area contributed by atoms with Crippen LogP contribution in [0.1, 0.15) is 11.1 Å². The molecule has 60 valence electrons. The molecule has 0 aromatic heterocycles. The average Bonchev–Trinajstić information content (AvgIpc) is 2.04. The van der Waals surface area contributed by atoms with Gasteiger partial charge in [0, 0.05) is 15.1 Å². The normalized spacial score (nSPS) is 10.1. The molecule has 0 amide bonds. The van der Waals surface area contributed by atoms with Crippen molar-refractivity contribution >= 4 is 47.8 Å². The molecule has 0 saturated carbocycles. The van der Waals surface area contributed by atoms with Gasteiger partial charge < -0.3 is 0 Å². The van der Waals surface area contributed by atoms with Crippen LogP contribution >= 0.6 is 47.8 Å². The van der Waals surface area contributed by atoms with Crippen LogP contribution in [0.3, 0.4) is 0 Å². The molecule has 0 aliphatic carbocycles. The second-order valence-corrected chi connectivity index (χ2v) is 4.12. The summed E-state index contributed by atoms with van der Waals surface area (Å²) in [7, 11) is 0. The van der Waals surface area contributed by atoms with Gasteiger partial charge in [0.15, 0.2) is 0 Å². The Bertz CT molecular complexity index is 245. The van der Waals surface area contributed by atoms with Gasteiger partial charge in [-0.25, -0.2) is 0 Å². The maximum Gasteiger partial charge on any atom is 0.0297 e. The minimum absolute atomic E-state index is 0.898. The minimum Gasteiger partial charge on any atom is -0.0876 e. The van der Waals surface area contributed by atoms with Crippen molar-refractivity contribution in [3.63, 3.8) is 0 Å². The van der Waals surface area contributed by atoms with Gasteiger partial charge in [0.1, 0.15) is 0 Å². The number of alkyl halides is 2. The van der Waals surface area contributed by atoms with Crippen LogP contribution in [0.25, 0.3) is 0 Å². The molecule has 1 aromatic carbocycles. The maximum absolute atomic E-state index is 3.50. The Hall–Kier alpha value is 0.660. The number of benzene rings is 1. The molecule has 0 aliphatic heterocycles. The Morgan fingerprint density at radius 1 is 1.09 bits per heavy atom. The van der Waals surface area contributed by atoms with Crippen molar-refractivity contribution in [3.8, 4) is 0 Å². The van der Waals surface area contributed by atoms with E-state index in [4.69, 9.17) is 0 Å². The summed E-state index contributed by atoms with van der Waals surface area (Å²) in [5.74, 6) is 0. The van der Waals surface area contributed by atoms with E-state index in [9.17, 15) is 0 Å². The molecule has 0 unspecified atom stereocenters. The molecule has 0 heterocycles. The quantitative estimate of drug-likeness (QED) is 0.705. The summed E-state index contributed by atoms with van der Waals surface area (Å²) in [6.45, 7) is 0. The molecule has 11 heavy (non-hydrogen) atoms. The van der Waals surface area contributed by atoms with Crippen molar-refractivity contribution in [1.29, 1.82) is 0 Å². The van der Waals surface area contributed by atoms with E-state index in [1.807, 2.05) is 6.07 Å². The highest BCUT2D eigenvalue weighted by Gasteiger charge is 2.02. The summed E-state index contributed by atoms with van der Waals surface area (Å²) in [6.07, 6.45) is 0. The zero-order valence-corrected chi connectivity index (χ0v) is 10.5. The van der Waals surface area contributed by atoms with E-state index in [0.717, 1.165) is 10.7 Å². The van der Waals surface area contributed by atoms with Crippen LogP contribution in [0.4, 0.5) is 0 Å².